The summed E-state index contributed by atoms with van der Waals surface area (Å²) in [5.74, 6) is 3.03. The highest BCUT2D eigenvalue weighted by molar-refractivity contribution is 5.96. The lowest BCUT2D eigenvalue weighted by Gasteiger charge is -2.39. The van der Waals surface area contributed by atoms with Gasteiger partial charge in [0.15, 0.2) is 0 Å². The van der Waals surface area contributed by atoms with Crippen molar-refractivity contribution in [3.8, 4) is 0 Å². The van der Waals surface area contributed by atoms with Gasteiger partial charge in [-0.25, -0.2) is 9.97 Å². The molecule has 6 nitrogen and oxygen atoms in total. The molecule has 1 aromatic heterocycles. The van der Waals surface area contributed by atoms with Crippen LogP contribution in [-0.4, -0.2) is 53.0 Å². The van der Waals surface area contributed by atoms with Gasteiger partial charge in [0, 0.05) is 50.2 Å². The van der Waals surface area contributed by atoms with E-state index in [4.69, 9.17) is 9.97 Å². The SMILES string of the molecule is O=C1NCCc2c1nc(C1CC1)nc2N1C[C@@H]2CC[C@H]1CN(Cc1ccccc1)C2. The van der Waals surface area contributed by atoms with Crippen molar-refractivity contribution in [1.29, 1.82) is 0 Å². The molecule has 156 valence electrons. The van der Waals surface area contributed by atoms with Gasteiger partial charge in [-0.3, -0.25) is 9.69 Å². The van der Waals surface area contributed by atoms with E-state index in [9.17, 15) is 4.79 Å². The van der Waals surface area contributed by atoms with Crippen molar-refractivity contribution in [3.05, 3.63) is 53.0 Å². The lowest BCUT2D eigenvalue weighted by atomic mass is 9.94. The fourth-order valence-electron chi connectivity index (χ4n) is 5.46. The molecule has 1 aliphatic carbocycles. The summed E-state index contributed by atoms with van der Waals surface area (Å²) in [6.45, 7) is 4.96. The monoisotopic (exact) mass is 403 g/mol. The minimum atomic E-state index is -0.0208. The summed E-state index contributed by atoms with van der Waals surface area (Å²) in [5.41, 5.74) is 3.09. The highest BCUT2D eigenvalue weighted by Gasteiger charge is 2.39. The number of hydrogen-bond donors (Lipinski definition) is 1. The van der Waals surface area contributed by atoms with Gasteiger partial charge in [-0.05, 0) is 43.6 Å². The van der Waals surface area contributed by atoms with Gasteiger partial charge in [0.05, 0.1) is 0 Å². The van der Waals surface area contributed by atoms with Crippen LogP contribution >= 0.6 is 0 Å². The predicted molar refractivity (Wildman–Crippen MR) is 116 cm³/mol. The Balaban J connectivity index is 1.33. The van der Waals surface area contributed by atoms with Crippen LogP contribution in [0.1, 0.15) is 59.0 Å². The maximum absolute atomic E-state index is 12.6. The average Bonchev–Trinajstić information content (AvgIpc) is 3.62. The lowest BCUT2D eigenvalue weighted by molar-refractivity contribution is 0.0940. The minimum Gasteiger partial charge on any atom is -0.352 e. The molecular formula is C24H29N5O. The number of amides is 1. The molecule has 5 aliphatic rings. The highest BCUT2D eigenvalue weighted by atomic mass is 16.1. The van der Waals surface area contributed by atoms with Gasteiger partial charge in [-0.1, -0.05) is 30.3 Å². The van der Waals surface area contributed by atoms with E-state index in [1.165, 1.54) is 18.4 Å². The molecule has 0 spiro atoms. The van der Waals surface area contributed by atoms with Crippen molar-refractivity contribution in [2.24, 2.45) is 5.92 Å². The number of carbonyl (C=O) groups excluding carboxylic acids is 1. The van der Waals surface area contributed by atoms with Gasteiger partial charge in [-0.2, -0.15) is 0 Å². The average molecular weight is 404 g/mol. The van der Waals surface area contributed by atoms with Crippen molar-refractivity contribution in [2.75, 3.05) is 31.1 Å². The Morgan fingerprint density at radius 2 is 1.87 bits per heavy atom. The van der Waals surface area contributed by atoms with Crippen LogP contribution in [0.15, 0.2) is 30.3 Å². The van der Waals surface area contributed by atoms with E-state index in [1.807, 2.05) is 0 Å². The van der Waals surface area contributed by atoms with E-state index in [-0.39, 0.29) is 5.91 Å². The zero-order valence-corrected chi connectivity index (χ0v) is 17.4. The van der Waals surface area contributed by atoms with E-state index < -0.39 is 0 Å². The molecule has 2 aromatic rings. The van der Waals surface area contributed by atoms with E-state index in [2.05, 4.69) is 45.4 Å². The van der Waals surface area contributed by atoms with Gasteiger partial charge in [0.2, 0.25) is 0 Å². The molecule has 1 N–H and O–H groups in total. The molecule has 2 atom stereocenters. The summed E-state index contributed by atoms with van der Waals surface area (Å²) in [4.78, 5) is 27.5. The van der Waals surface area contributed by atoms with Gasteiger partial charge >= 0.3 is 0 Å². The molecule has 6 heteroatoms. The third kappa shape index (κ3) is 3.37. The molecule has 7 rings (SSSR count). The van der Waals surface area contributed by atoms with Crippen LogP contribution in [0.4, 0.5) is 5.82 Å². The molecule has 4 fully saturated rings. The topological polar surface area (TPSA) is 61.4 Å². The maximum atomic E-state index is 12.6. The lowest BCUT2D eigenvalue weighted by Crippen LogP contribution is -2.46. The van der Waals surface area contributed by atoms with E-state index in [0.29, 0.717) is 30.1 Å². The van der Waals surface area contributed by atoms with Crippen molar-refractivity contribution in [2.45, 2.75) is 50.6 Å². The smallest absolute Gasteiger partial charge is 0.270 e. The molecule has 2 bridgehead atoms. The number of carbonyl (C=O) groups is 1. The Hall–Kier alpha value is -2.47. The Morgan fingerprint density at radius 3 is 2.70 bits per heavy atom. The Morgan fingerprint density at radius 1 is 1.00 bits per heavy atom. The fraction of sp³-hybridized carbons (Fsp3) is 0.542. The molecular weight excluding hydrogens is 374 g/mol. The summed E-state index contributed by atoms with van der Waals surface area (Å²) in [5, 5.41) is 2.98. The zero-order chi connectivity index (χ0) is 20.1. The third-order valence-electron chi connectivity index (χ3n) is 7.13. The van der Waals surface area contributed by atoms with Crippen LogP contribution in [0.2, 0.25) is 0 Å². The first kappa shape index (κ1) is 18.3. The van der Waals surface area contributed by atoms with Crippen LogP contribution in [-0.2, 0) is 13.0 Å². The number of aromatic nitrogens is 2. The minimum absolute atomic E-state index is 0.0208. The van der Waals surface area contributed by atoms with Crippen LogP contribution in [0.25, 0.3) is 0 Å². The summed E-state index contributed by atoms with van der Waals surface area (Å²) >= 11 is 0. The Labute approximate surface area is 177 Å². The first-order valence-electron chi connectivity index (χ1n) is 11.5. The number of anilines is 1. The summed E-state index contributed by atoms with van der Waals surface area (Å²) < 4.78 is 0. The van der Waals surface area contributed by atoms with Crippen LogP contribution < -0.4 is 10.2 Å². The Kier molecular flexibility index (Phi) is 4.48. The second kappa shape index (κ2) is 7.34. The first-order valence-corrected chi connectivity index (χ1v) is 11.5. The van der Waals surface area contributed by atoms with Gasteiger partial charge in [0.25, 0.3) is 5.91 Å². The van der Waals surface area contributed by atoms with E-state index in [0.717, 1.165) is 62.6 Å². The van der Waals surface area contributed by atoms with Crippen molar-refractivity contribution in [1.82, 2.24) is 20.2 Å². The van der Waals surface area contributed by atoms with Gasteiger partial charge < -0.3 is 10.2 Å². The molecule has 30 heavy (non-hydrogen) atoms. The maximum Gasteiger partial charge on any atom is 0.270 e. The molecule has 1 saturated carbocycles. The molecule has 1 aromatic carbocycles. The van der Waals surface area contributed by atoms with Crippen molar-refractivity contribution < 1.29 is 4.79 Å². The molecule has 0 radical (unpaired) electrons. The zero-order valence-electron chi connectivity index (χ0n) is 17.4. The number of fused-ring (bicyclic) bond motifs is 5. The standard InChI is InChI=1S/C24H29N5O/c30-24-21-20(10-11-25-24)23(27-22(26-21)18-7-8-18)29-14-17-6-9-19(29)15-28(13-17)12-16-4-2-1-3-5-16/h1-5,17-19H,6-15H2,(H,25,30)/t17-,19+/m1/s1. The molecule has 1 amide bonds. The van der Waals surface area contributed by atoms with Crippen LogP contribution in [0, 0.1) is 5.92 Å². The molecule has 0 unspecified atom stereocenters. The largest absolute Gasteiger partial charge is 0.352 e. The quantitative estimate of drug-likeness (QED) is 0.851. The normalized spacial score (nSPS) is 26.3. The number of piperidine rings is 1. The third-order valence-corrected chi connectivity index (χ3v) is 7.13. The van der Waals surface area contributed by atoms with Gasteiger partial charge in [-0.15, -0.1) is 0 Å². The second-order valence-corrected chi connectivity index (χ2v) is 9.44. The number of hydrogen-bond acceptors (Lipinski definition) is 5. The first-order chi connectivity index (χ1) is 14.7. The predicted octanol–water partition coefficient (Wildman–Crippen LogP) is 2.74. The van der Waals surface area contributed by atoms with Crippen LogP contribution in [0.5, 0.6) is 0 Å². The fourth-order valence-corrected chi connectivity index (χ4v) is 5.46. The summed E-state index contributed by atoms with van der Waals surface area (Å²) in [7, 11) is 0. The second-order valence-electron chi connectivity index (χ2n) is 9.44. The molecule has 4 aliphatic heterocycles. The summed E-state index contributed by atoms with van der Waals surface area (Å²) in [6, 6.07) is 11.3. The van der Waals surface area contributed by atoms with Crippen molar-refractivity contribution >= 4 is 11.7 Å². The van der Waals surface area contributed by atoms with Gasteiger partial charge in [0.1, 0.15) is 17.3 Å². The Bertz CT molecular complexity index is 958. The van der Waals surface area contributed by atoms with E-state index in [1.54, 1.807) is 0 Å². The number of nitrogens with zero attached hydrogens (tertiary/aromatic N) is 4. The number of rotatable bonds is 4. The summed E-state index contributed by atoms with van der Waals surface area (Å²) in [6.07, 6.45) is 5.63. The number of benzene rings is 1. The molecule has 5 heterocycles. The molecule has 3 saturated heterocycles. The van der Waals surface area contributed by atoms with Crippen molar-refractivity contribution in [3.63, 3.8) is 0 Å². The van der Waals surface area contributed by atoms with E-state index >= 15 is 0 Å². The highest BCUT2D eigenvalue weighted by Crippen LogP contribution is 2.41. The number of nitrogens with one attached hydrogen (secondary N) is 1. The van der Waals surface area contributed by atoms with Crippen LogP contribution in [0.3, 0.4) is 0 Å².